The number of nitrogens with zero attached hydrogens (tertiary/aromatic N) is 2. The summed E-state index contributed by atoms with van der Waals surface area (Å²) in [5, 5.41) is 2.88. The number of aromatic nitrogens is 1. The van der Waals surface area contributed by atoms with Gasteiger partial charge in [0.2, 0.25) is 5.91 Å². The monoisotopic (exact) mass is 469 g/mol. The number of halogens is 1. The van der Waals surface area contributed by atoms with Crippen LogP contribution < -0.4 is 21.7 Å². The molecule has 1 aromatic heterocycles. The molecule has 33 heavy (non-hydrogen) atoms. The lowest BCUT2D eigenvalue weighted by Crippen LogP contribution is -2.49. The Morgan fingerprint density at radius 1 is 1.06 bits per heavy atom. The molecule has 2 aromatic carbocycles. The van der Waals surface area contributed by atoms with Crippen LogP contribution in [-0.2, 0) is 4.79 Å². The van der Waals surface area contributed by atoms with E-state index < -0.39 is 35.1 Å². The molecule has 0 spiro atoms. The summed E-state index contributed by atoms with van der Waals surface area (Å²) in [5.74, 6) is -2.48. The maximum atomic E-state index is 13.8. The smallest absolute Gasteiger partial charge is 0.273 e. The first-order chi connectivity index (χ1) is 15.5. The zero-order valence-corrected chi connectivity index (χ0v) is 19.2. The highest BCUT2D eigenvalue weighted by molar-refractivity contribution is 7.09. The van der Waals surface area contributed by atoms with E-state index in [9.17, 15) is 18.8 Å². The number of primary amides is 1. The Hall–Kier alpha value is -3.79. The van der Waals surface area contributed by atoms with Crippen molar-refractivity contribution in [1.29, 1.82) is 0 Å². The van der Waals surface area contributed by atoms with Crippen LogP contribution in [0.4, 0.5) is 15.8 Å². The van der Waals surface area contributed by atoms with Crippen molar-refractivity contribution in [2.24, 2.45) is 5.73 Å². The minimum atomic E-state index is -1.17. The van der Waals surface area contributed by atoms with E-state index in [1.807, 2.05) is 20.8 Å². The van der Waals surface area contributed by atoms with Crippen molar-refractivity contribution in [3.05, 3.63) is 76.5 Å². The van der Waals surface area contributed by atoms with E-state index in [0.29, 0.717) is 22.8 Å². The average Bonchev–Trinajstić information content (AvgIpc) is 3.13. The molecule has 3 aromatic rings. The fourth-order valence-corrected chi connectivity index (χ4v) is 3.95. The van der Waals surface area contributed by atoms with Crippen LogP contribution in [0.25, 0.3) is 0 Å². The van der Waals surface area contributed by atoms with Crippen molar-refractivity contribution in [2.75, 3.05) is 10.6 Å². The van der Waals surface area contributed by atoms with E-state index >= 15 is 0 Å². The van der Waals surface area contributed by atoms with E-state index in [2.05, 4.69) is 9.69 Å². The molecule has 0 saturated heterocycles. The molecule has 0 radical (unpaired) electrons. The summed E-state index contributed by atoms with van der Waals surface area (Å²) in [4.78, 5) is 40.1. The molecule has 172 valence electrons. The number of rotatable bonds is 6. The van der Waals surface area contributed by atoms with Crippen LogP contribution in [0.5, 0.6) is 0 Å². The third kappa shape index (κ3) is 5.35. The first kappa shape index (κ1) is 23.9. The number of benzene rings is 2. The fraction of sp³-hybridized carbons (Fsp3) is 0.217. The zero-order chi connectivity index (χ0) is 24.3. The quantitative estimate of drug-likeness (QED) is 0.510. The number of carbonyl (C=O) groups is 3. The van der Waals surface area contributed by atoms with Crippen molar-refractivity contribution >= 4 is 40.6 Å². The SMILES string of the molecule is CC(C)(C)NC(=O)[C@H](c1ccc(F)cc1)N(C(=O)c1snc(C(N)=O)c1N)c1ccccc1. The molecule has 1 atom stereocenters. The van der Waals surface area contributed by atoms with Gasteiger partial charge in [-0.05, 0) is 62.1 Å². The summed E-state index contributed by atoms with van der Waals surface area (Å²) in [6, 6.07) is 12.6. The van der Waals surface area contributed by atoms with Gasteiger partial charge in [0, 0.05) is 11.2 Å². The van der Waals surface area contributed by atoms with E-state index in [4.69, 9.17) is 11.5 Å². The first-order valence-electron chi connectivity index (χ1n) is 10.0. The van der Waals surface area contributed by atoms with Gasteiger partial charge in [0.25, 0.3) is 11.8 Å². The molecule has 0 aliphatic rings. The minimum absolute atomic E-state index is 0.0386. The van der Waals surface area contributed by atoms with Gasteiger partial charge < -0.3 is 16.8 Å². The molecule has 0 bridgehead atoms. The van der Waals surface area contributed by atoms with E-state index in [-0.39, 0.29) is 16.3 Å². The van der Waals surface area contributed by atoms with Gasteiger partial charge in [-0.25, -0.2) is 4.39 Å². The molecule has 0 saturated carbocycles. The number of hydrogen-bond acceptors (Lipinski definition) is 6. The zero-order valence-electron chi connectivity index (χ0n) is 18.3. The Kier molecular flexibility index (Phi) is 6.78. The fourth-order valence-electron chi connectivity index (χ4n) is 3.21. The lowest BCUT2D eigenvalue weighted by molar-refractivity contribution is -0.123. The van der Waals surface area contributed by atoms with Crippen molar-refractivity contribution in [3.8, 4) is 0 Å². The molecular formula is C23H24FN5O3S. The molecule has 3 rings (SSSR count). The third-order valence-electron chi connectivity index (χ3n) is 4.60. The Morgan fingerprint density at radius 2 is 1.67 bits per heavy atom. The highest BCUT2D eigenvalue weighted by atomic mass is 32.1. The second-order valence-electron chi connectivity index (χ2n) is 8.34. The van der Waals surface area contributed by atoms with Crippen molar-refractivity contribution < 1.29 is 18.8 Å². The molecule has 3 amide bonds. The molecule has 0 unspecified atom stereocenters. The molecule has 10 heteroatoms. The van der Waals surface area contributed by atoms with Crippen LogP contribution >= 0.6 is 11.5 Å². The first-order valence-corrected chi connectivity index (χ1v) is 10.8. The molecule has 0 aliphatic heterocycles. The lowest BCUT2D eigenvalue weighted by atomic mass is 10.0. The lowest BCUT2D eigenvalue weighted by Gasteiger charge is -2.33. The summed E-state index contributed by atoms with van der Waals surface area (Å²) in [7, 11) is 0. The minimum Gasteiger partial charge on any atom is -0.395 e. The van der Waals surface area contributed by atoms with Crippen LogP contribution in [0.1, 0.15) is 52.5 Å². The Morgan fingerprint density at radius 3 is 2.18 bits per heavy atom. The number of anilines is 2. The van der Waals surface area contributed by atoms with Crippen LogP contribution in [0.3, 0.4) is 0 Å². The number of hydrogen-bond donors (Lipinski definition) is 3. The van der Waals surface area contributed by atoms with Gasteiger partial charge in [-0.3, -0.25) is 19.3 Å². The van der Waals surface area contributed by atoms with Crippen molar-refractivity contribution in [3.63, 3.8) is 0 Å². The second kappa shape index (κ2) is 9.37. The Labute approximate surface area is 194 Å². The Balaban J connectivity index is 2.20. The van der Waals surface area contributed by atoms with Gasteiger partial charge in [-0.2, -0.15) is 4.37 Å². The van der Waals surface area contributed by atoms with Crippen molar-refractivity contribution in [2.45, 2.75) is 32.4 Å². The molecular weight excluding hydrogens is 445 g/mol. The number of nitrogens with two attached hydrogens (primary N) is 2. The van der Waals surface area contributed by atoms with Crippen LogP contribution in [0, 0.1) is 5.82 Å². The summed E-state index contributed by atoms with van der Waals surface area (Å²) >= 11 is 0.717. The highest BCUT2D eigenvalue weighted by Gasteiger charge is 2.37. The van der Waals surface area contributed by atoms with Gasteiger partial charge in [-0.1, -0.05) is 30.3 Å². The number of amides is 3. The second-order valence-corrected chi connectivity index (χ2v) is 9.12. The summed E-state index contributed by atoms with van der Waals surface area (Å²) in [6.07, 6.45) is 0. The summed E-state index contributed by atoms with van der Waals surface area (Å²) < 4.78 is 17.6. The van der Waals surface area contributed by atoms with Gasteiger partial charge in [0.1, 0.15) is 16.7 Å². The van der Waals surface area contributed by atoms with Crippen LogP contribution in [-0.4, -0.2) is 27.6 Å². The number of nitrogens with one attached hydrogen (secondary N) is 1. The van der Waals surface area contributed by atoms with Gasteiger partial charge in [0.15, 0.2) is 5.69 Å². The van der Waals surface area contributed by atoms with E-state index in [0.717, 1.165) is 0 Å². The van der Waals surface area contributed by atoms with Gasteiger partial charge in [0.05, 0.1) is 5.69 Å². The average molecular weight is 470 g/mol. The Bertz CT molecular complexity index is 1170. The standard InChI is InChI=1S/C23H24FN5O3S/c1-23(2,3)27-21(31)18(13-9-11-14(24)12-10-13)29(15-7-5-4-6-8-15)22(32)19-16(25)17(20(26)30)28-33-19/h4-12,18H,25H2,1-3H3,(H2,26,30)(H,27,31)/t18-/m0/s1. The molecule has 5 N–H and O–H groups in total. The topological polar surface area (TPSA) is 131 Å². The van der Waals surface area contributed by atoms with Crippen LogP contribution in [0.2, 0.25) is 0 Å². The highest BCUT2D eigenvalue weighted by Crippen LogP contribution is 2.33. The van der Waals surface area contributed by atoms with Gasteiger partial charge in [-0.15, -0.1) is 0 Å². The normalized spacial score (nSPS) is 12.1. The van der Waals surface area contributed by atoms with Crippen LogP contribution in [0.15, 0.2) is 54.6 Å². The summed E-state index contributed by atoms with van der Waals surface area (Å²) in [6.45, 7) is 5.42. The maximum Gasteiger partial charge on any atom is 0.273 e. The van der Waals surface area contributed by atoms with Crippen molar-refractivity contribution in [1.82, 2.24) is 9.69 Å². The molecule has 0 aliphatic carbocycles. The largest absolute Gasteiger partial charge is 0.395 e. The summed E-state index contributed by atoms with van der Waals surface area (Å²) in [5.41, 5.74) is 11.1. The number of carbonyl (C=O) groups excluding carboxylic acids is 3. The molecule has 8 nitrogen and oxygen atoms in total. The predicted octanol–water partition coefficient (Wildman–Crippen LogP) is 3.27. The molecule has 1 heterocycles. The molecule has 0 fully saturated rings. The van der Waals surface area contributed by atoms with Gasteiger partial charge >= 0.3 is 0 Å². The number of nitrogen functional groups attached to an aromatic ring is 1. The maximum absolute atomic E-state index is 13.8. The van der Waals surface area contributed by atoms with E-state index in [1.165, 1.54) is 29.2 Å². The third-order valence-corrected chi connectivity index (χ3v) is 5.45. The predicted molar refractivity (Wildman–Crippen MR) is 125 cm³/mol. The van der Waals surface area contributed by atoms with E-state index in [1.54, 1.807) is 30.3 Å². The number of para-hydroxylation sites is 1.